The number of rotatable bonds is 4. The molecule has 2 amide bonds. The molecule has 2 bridgehead atoms. The second-order valence-corrected chi connectivity index (χ2v) is 6.67. The van der Waals surface area contributed by atoms with E-state index in [1.807, 2.05) is 19.1 Å². The first-order chi connectivity index (χ1) is 12.6. The van der Waals surface area contributed by atoms with Crippen molar-refractivity contribution in [2.24, 2.45) is 0 Å². The molecule has 2 atom stereocenters. The van der Waals surface area contributed by atoms with Gasteiger partial charge in [-0.1, -0.05) is 19.1 Å². The maximum Gasteiger partial charge on any atom is 0.336 e. The summed E-state index contributed by atoms with van der Waals surface area (Å²) in [5.74, 6) is -0.402. The minimum Gasteiger partial charge on any atom is -0.466 e. The highest BCUT2D eigenvalue weighted by Gasteiger charge is 2.46. The number of urea groups is 1. The summed E-state index contributed by atoms with van der Waals surface area (Å²) < 4.78 is 5.04. The largest absolute Gasteiger partial charge is 0.466 e. The number of esters is 1. The predicted molar refractivity (Wildman–Crippen MR) is 97.0 cm³/mol. The molecule has 0 radical (unpaired) electrons. The number of hydrogen-bond donors (Lipinski definition) is 1. The van der Waals surface area contributed by atoms with Crippen molar-refractivity contribution < 1.29 is 14.3 Å². The second kappa shape index (κ2) is 7.61. The van der Waals surface area contributed by atoms with Crippen molar-refractivity contribution in [3.8, 4) is 6.07 Å². The number of amides is 2. The topological polar surface area (TPSA) is 82.4 Å². The Hall–Kier alpha value is -2.81. The van der Waals surface area contributed by atoms with E-state index in [1.54, 1.807) is 17.0 Å². The van der Waals surface area contributed by atoms with Crippen molar-refractivity contribution in [3.63, 3.8) is 0 Å². The first-order valence-electron chi connectivity index (χ1n) is 8.98. The maximum atomic E-state index is 12.6. The van der Waals surface area contributed by atoms with Crippen molar-refractivity contribution in [2.45, 2.75) is 44.7 Å². The van der Waals surface area contributed by atoms with Crippen LogP contribution in [0.5, 0.6) is 0 Å². The smallest absolute Gasteiger partial charge is 0.336 e. The standard InChI is InChI=1S/C20H23N3O3/c1-3-9-22-20(25)23-15-7-8-17(23)18(19(24)26-2)16(11-15)14-6-4-5-13(10-14)12-21/h4-6,10,15,17H,3,7-9,11H2,1-2H3,(H,22,25). The van der Waals surface area contributed by atoms with Gasteiger partial charge < -0.3 is 15.0 Å². The molecule has 2 heterocycles. The lowest BCUT2D eigenvalue weighted by Gasteiger charge is -2.37. The molecule has 0 aliphatic carbocycles. The molecular formula is C20H23N3O3. The lowest BCUT2D eigenvalue weighted by Crippen LogP contribution is -2.51. The summed E-state index contributed by atoms with van der Waals surface area (Å²) in [5.41, 5.74) is 2.84. The number of fused-ring (bicyclic) bond motifs is 2. The summed E-state index contributed by atoms with van der Waals surface area (Å²) >= 11 is 0. The van der Waals surface area contributed by atoms with Crippen LogP contribution in [-0.4, -0.2) is 42.6 Å². The number of hydrogen-bond acceptors (Lipinski definition) is 4. The molecule has 1 aromatic rings. The third-order valence-electron chi connectivity index (χ3n) is 5.11. The minimum absolute atomic E-state index is 0.0611. The Labute approximate surface area is 153 Å². The molecule has 6 heteroatoms. The number of nitriles is 1. The van der Waals surface area contributed by atoms with E-state index < -0.39 is 5.97 Å². The summed E-state index contributed by atoms with van der Waals surface area (Å²) in [6.07, 6.45) is 3.05. The van der Waals surface area contributed by atoms with Crippen molar-refractivity contribution >= 4 is 17.6 Å². The van der Waals surface area contributed by atoms with Gasteiger partial charge in [0, 0.05) is 12.6 Å². The third kappa shape index (κ3) is 3.17. The predicted octanol–water partition coefficient (Wildman–Crippen LogP) is 2.84. The van der Waals surface area contributed by atoms with Crippen LogP contribution >= 0.6 is 0 Å². The number of methoxy groups -OCH3 is 1. The van der Waals surface area contributed by atoms with E-state index >= 15 is 0 Å². The zero-order valence-electron chi connectivity index (χ0n) is 15.1. The van der Waals surface area contributed by atoms with Crippen molar-refractivity contribution in [2.75, 3.05) is 13.7 Å². The fraction of sp³-hybridized carbons (Fsp3) is 0.450. The van der Waals surface area contributed by atoms with E-state index in [0.717, 1.165) is 30.4 Å². The van der Waals surface area contributed by atoms with E-state index in [1.165, 1.54) is 7.11 Å². The molecule has 2 aliphatic rings. The first kappa shape index (κ1) is 18.0. The van der Waals surface area contributed by atoms with Gasteiger partial charge in [0.05, 0.1) is 30.4 Å². The first-order valence-corrected chi connectivity index (χ1v) is 8.98. The van der Waals surface area contributed by atoms with Crippen LogP contribution in [-0.2, 0) is 9.53 Å². The SMILES string of the molecule is CCCNC(=O)N1C2CCC1C(C(=O)OC)=C(c1cccc(C#N)c1)C2. The van der Waals surface area contributed by atoms with E-state index in [0.29, 0.717) is 24.1 Å². The van der Waals surface area contributed by atoms with E-state index in [4.69, 9.17) is 4.74 Å². The quantitative estimate of drug-likeness (QED) is 0.844. The molecule has 1 fully saturated rings. The normalized spacial score (nSPS) is 21.3. The van der Waals surface area contributed by atoms with Crippen LogP contribution in [0.4, 0.5) is 4.79 Å². The van der Waals surface area contributed by atoms with Crippen LogP contribution in [0.1, 0.15) is 43.7 Å². The van der Waals surface area contributed by atoms with Crippen molar-refractivity contribution in [3.05, 3.63) is 41.0 Å². The Morgan fingerprint density at radius 1 is 1.38 bits per heavy atom. The number of carbonyl (C=O) groups is 2. The summed E-state index contributed by atoms with van der Waals surface area (Å²) in [5, 5.41) is 12.1. The summed E-state index contributed by atoms with van der Waals surface area (Å²) in [7, 11) is 1.36. The number of benzene rings is 1. The highest BCUT2D eigenvalue weighted by Crippen LogP contribution is 2.43. The molecule has 6 nitrogen and oxygen atoms in total. The van der Waals surface area contributed by atoms with E-state index in [9.17, 15) is 14.9 Å². The van der Waals surface area contributed by atoms with Gasteiger partial charge in [-0.3, -0.25) is 0 Å². The molecular weight excluding hydrogens is 330 g/mol. The average Bonchev–Trinajstić information content (AvgIpc) is 2.99. The highest BCUT2D eigenvalue weighted by atomic mass is 16.5. The van der Waals surface area contributed by atoms with Crippen molar-refractivity contribution in [1.82, 2.24) is 10.2 Å². The summed E-state index contributed by atoms with van der Waals surface area (Å²) in [6, 6.07) is 9.06. The van der Waals surface area contributed by atoms with Crippen LogP contribution < -0.4 is 5.32 Å². The van der Waals surface area contributed by atoms with Crippen LogP contribution in [0.2, 0.25) is 0 Å². The van der Waals surface area contributed by atoms with E-state index in [-0.39, 0.29) is 18.1 Å². The molecule has 1 saturated heterocycles. The molecule has 26 heavy (non-hydrogen) atoms. The fourth-order valence-corrected chi connectivity index (χ4v) is 3.96. The number of nitrogens with zero attached hydrogens (tertiary/aromatic N) is 2. The lowest BCUT2D eigenvalue weighted by molar-refractivity contribution is -0.136. The van der Waals surface area contributed by atoms with Gasteiger partial charge in [-0.15, -0.1) is 0 Å². The maximum absolute atomic E-state index is 12.6. The monoisotopic (exact) mass is 353 g/mol. The Balaban J connectivity index is 2.03. The molecule has 136 valence electrons. The van der Waals surface area contributed by atoms with Crippen LogP contribution in [0.3, 0.4) is 0 Å². The molecule has 3 rings (SSSR count). The fourth-order valence-electron chi connectivity index (χ4n) is 3.96. The third-order valence-corrected chi connectivity index (χ3v) is 5.11. The molecule has 0 spiro atoms. The van der Waals surface area contributed by atoms with Gasteiger partial charge in [-0.25, -0.2) is 9.59 Å². The van der Waals surface area contributed by atoms with Gasteiger partial charge in [-0.05, 0) is 49.0 Å². The Bertz CT molecular complexity index is 794. The molecule has 2 unspecified atom stereocenters. The summed E-state index contributed by atoms with van der Waals surface area (Å²) in [6.45, 7) is 2.62. The summed E-state index contributed by atoms with van der Waals surface area (Å²) in [4.78, 5) is 27.0. The second-order valence-electron chi connectivity index (χ2n) is 6.67. The van der Waals surface area contributed by atoms with Gasteiger partial charge >= 0.3 is 12.0 Å². The van der Waals surface area contributed by atoms with Gasteiger partial charge in [-0.2, -0.15) is 5.26 Å². The minimum atomic E-state index is -0.402. The average molecular weight is 353 g/mol. The van der Waals surface area contributed by atoms with Crippen LogP contribution in [0.15, 0.2) is 29.8 Å². The van der Waals surface area contributed by atoms with Gasteiger partial charge in [0.15, 0.2) is 0 Å². The number of ether oxygens (including phenoxy) is 1. The van der Waals surface area contributed by atoms with Crippen molar-refractivity contribution in [1.29, 1.82) is 5.26 Å². The Morgan fingerprint density at radius 3 is 2.88 bits per heavy atom. The van der Waals surface area contributed by atoms with Gasteiger partial charge in [0.1, 0.15) is 0 Å². The Morgan fingerprint density at radius 2 is 2.19 bits per heavy atom. The van der Waals surface area contributed by atoms with Crippen LogP contribution in [0.25, 0.3) is 5.57 Å². The number of carbonyl (C=O) groups excluding carboxylic acids is 2. The molecule has 1 aromatic carbocycles. The number of nitrogens with one attached hydrogen (secondary N) is 1. The van der Waals surface area contributed by atoms with Gasteiger partial charge in [0.2, 0.25) is 0 Å². The molecule has 2 aliphatic heterocycles. The Kier molecular flexibility index (Phi) is 5.27. The van der Waals surface area contributed by atoms with E-state index in [2.05, 4.69) is 11.4 Å². The molecule has 0 saturated carbocycles. The molecule has 1 N–H and O–H groups in total. The molecule has 0 aromatic heterocycles. The highest BCUT2D eigenvalue weighted by molar-refractivity contribution is 6.01. The zero-order valence-corrected chi connectivity index (χ0v) is 15.1. The van der Waals surface area contributed by atoms with Crippen LogP contribution in [0, 0.1) is 11.3 Å². The zero-order chi connectivity index (χ0) is 18.7. The lowest BCUT2D eigenvalue weighted by atomic mass is 9.88. The van der Waals surface area contributed by atoms with Gasteiger partial charge in [0.25, 0.3) is 0 Å².